The van der Waals surface area contributed by atoms with Crippen LogP contribution in [0.5, 0.6) is 0 Å². The summed E-state index contributed by atoms with van der Waals surface area (Å²) in [6.45, 7) is 4.07. The van der Waals surface area contributed by atoms with E-state index in [1.165, 1.54) is 5.56 Å². The fourth-order valence-electron chi connectivity index (χ4n) is 4.38. The first-order valence-corrected chi connectivity index (χ1v) is 11.4. The number of rotatable bonds is 5. The van der Waals surface area contributed by atoms with E-state index >= 15 is 0 Å². The maximum atomic E-state index is 12.9. The minimum Gasteiger partial charge on any atom is -0.343 e. The molecule has 0 aliphatic carbocycles. The van der Waals surface area contributed by atoms with Gasteiger partial charge in [0.05, 0.1) is 11.0 Å². The van der Waals surface area contributed by atoms with Gasteiger partial charge >= 0.3 is 0 Å². The van der Waals surface area contributed by atoms with Crippen molar-refractivity contribution in [3.8, 4) is 11.4 Å². The van der Waals surface area contributed by atoms with Crippen LogP contribution in [0, 0.1) is 11.7 Å². The molecule has 2 aromatic carbocycles. The number of aromatic nitrogens is 5. The molecule has 3 heterocycles. The third-order valence-electron chi connectivity index (χ3n) is 6.26. The zero-order chi connectivity index (χ0) is 22.1. The van der Waals surface area contributed by atoms with Crippen LogP contribution in [0.2, 0.25) is 0 Å². The molecule has 0 saturated carbocycles. The molecule has 7 nitrogen and oxygen atoms in total. The van der Waals surface area contributed by atoms with Crippen molar-refractivity contribution in [3.63, 3.8) is 0 Å². The van der Waals surface area contributed by atoms with Crippen LogP contribution < -0.4 is 0 Å². The van der Waals surface area contributed by atoms with E-state index in [4.69, 9.17) is 17.2 Å². The first kappa shape index (κ1) is 20.6. The van der Waals surface area contributed by atoms with Crippen LogP contribution >= 0.6 is 12.2 Å². The van der Waals surface area contributed by atoms with E-state index in [9.17, 15) is 4.79 Å². The van der Waals surface area contributed by atoms with Crippen LogP contribution in [-0.2, 0) is 11.3 Å². The zero-order valence-corrected chi connectivity index (χ0v) is 18.9. The van der Waals surface area contributed by atoms with Gasteiger partial charge in [0.2, 0.25) is 5.91 Å². The van der Waals surface area contributed by atoms with Crippen LogP contribution in [0.15, 0.2) is 48.5 Å². The highest BCUT2D eigenvalue weighted by molar-refractivity contribution is 7.71. The largest absolute Gasteiger partial charge is 0.343 e. The van der Waals surface area contributed by atoms with Crippen molar-refractivity contribution >= 4 is 29.2 Å². The third-order valence-corrected chi connectivity index (χ3v) is 6.57. The van der Waals surface area contributed by atoms with Gasteiger partial charge in [0.1, 0.15) is 5.82 Å². The van der Waals surface area contributed by atoms with Crippen molar-refractivity contribution in [2.75, 3.05) is 13.1 Å². The second-order valence-corrected chi connectivity index (χ2v) is 8.80. The van der Waals surface area contributed by atoms with E-state index in [1.54, 1.807) is 0 Å². The lowest BCUT2D eigenvalue weighted by Crippen LogP contribution is -2.38. The van der Waals surface area contributed by atoms with E-state index in [-0.39, 0.29) is 5.91 Å². The number of likely N-dealkylation sites (tertiary alicyclic amines) is 1. The highest BCUT2D eigenvalue weighted by Crippen LogP contribution is 2.28. The van der Waals surface area contributed by atoms with E-state index < -0.39 is 0 Å². The fourth-order valence-corrected chi connectivity index (χ4v) is 4.61. The maximum absolute atomic E-state index is 12.9. The Hall–Kier alpha value is -3.26. The molecule has 2 aromatic heterocycles. The average molecular weight is 447 g/mol. The molecule has 1 aliphatic heterocycles. The Bertz CT molecular complexity index is 1260. The van der Waals surface area contributed by atoms with Gasteiger partial charge in [-0.25, -0.2) is 4.98 Å². The van der Waals surface area contributed by atoms with Gasteiger partial charge in [-0.15, -0.1) is 0 Å². The molecule has 0 atom stereocenters. The molecule has 1 aliphatic rings. The minimum absolute atomic E-state index is 0.158. The number of carbonyl (C=O) groups excluding carboxylic acids is 1. The van der Waals surface area contributed by atoms with E-state index in [0.717, 1.165) is 54.2 Å². The molecule has 1 saturated heterocycles. The van der Waals surface area contributed by atoms with Crippen LogP contribution in [-0.4, -0.2) is 48.6 Å². The molecule has 4 aromatic rings. The van der Waals surface area contributed by atoms with Gasteiger partial charge in [-0.05, 0) is 44.1 Å². The van der Waals surface area contributed by atoms with Crippen molar-refractivity contribution in [1.82, 2.24) is 29.6 Å². The van der Waals surface area contributed by atoms with Crippen molar-refractivity contribution in [2.24, 2.45) is 0 Å². The Morgan fingerprint density at radius 2 is 1.88 bits per heavy atom. The lowest BCUT2D eigenvalue weighted by molar-refractivity contribution is -0.132. The number of aryl methyl sites for hydroxylation is 1. The molecule has 0 bridgehead atoms. The number of piperidine rings is 1. The van der Waals surface area contributed by atoms with Crippen molar-refractivity contribution in [2.45, 2.75) is 38.6 Å². The van der Waals surface area contributed by atoms with Gasteiger partial charge in [-0.3, -0.25) is 14.5 Å². The molecular formula is C24H26N6OS. The number of carbonyl (C=O) groups is 1. The maximum Gasteiger partial charge on any atom is 0.224 e. The number of fused-ring (bicyclic) bond motifs is 1. The van der Waals surface area contributed by atoms with E-state index in [0.29, 0.717) is 23.7 Å². The highest BCUT2D eigenvalue weighted by atomic mass is 32.1. The van der Waals surface area contributed by atoms with Gasteiger partial charge in [-0.2, -0.15) is 5.10 Å². The van der Waals surface area contributed by atoms with Crippen molar-refractivity contribution in [3.05, 3.63) is 64.7 Å². The summed E-state index contributed by atoms with van der Waals surface area (Å²) in [5.41, 5.74) is 4.25. The Morgan fingerprint density at radius 3 is 2.62 bits per heavy atom. The summed E-state index contributed by atoms with van der Waals surface area (Å²) < 4.78 is 2.45. The highest BCUT2D eigenvalue weighted by Gasteiger charge is 2.26. The van der Waals surface area contributed by atoms with Gasteiger partial charge in [0.15, 0.2) is 10.6 Å². The summed E-state index contributed by atoms with van der Waals surface area (Å²) in [5.74, 6) is 2.32. The van der Waals surface area contributed by atoms with Gasteiger partial charge in [0.25, 0.3) is 0 Å². The topological polar surface area (TPSA) is 82.6 Å². The molecule has 164 valence electrons. The average Bonchev–Trinajstić information content (AvgIpc) is 3.41. The summed E-state index contributed by atoms with van der Waals surface area (Å²) in [7, 11) is 0. The Morgan fingerprint density at radius 1 is 1.12 bits per heavy atom. The fraction of sp³-hybridized carbons (Fsp3) is 0.333. The Balaban J connectivity index is 1.20. The van der Waals surface area contributed by atoms with Crippen molar-refractivity contribution < 1.29 is 4.79 Å². The monoisotopic (exact) mass is 446 g/mol. The lowest BCUT2D eigenvalue weighted by Gasteiger charge is -2.31. The lowest BCUT2D eigenvalue weighted by atomic mass is 9.96. The second-order valence-electron chi connectivity index (χ2n) is 8.41. The van der Waals surface area contributed by atoms with Gasteiger partial charge < -0.3 is 9.88 Å². The molecule has 0 spiro atoms. The number of benzene rings is 2. The number of H-pyrrole nitrogens is 2. The van der Waals surface area contributed by atoms with E-state index in [1.807, 2.05) is 39.8 Å². The molecule has 8 heteroatoms. The van der Waals surface area contributed by atoms with Crippen molar-refractivity contribution in [1.29, 1.82) is 0 Å². The first-order valence-electron chi connectivity index (χ1n) is 11.0. The normalized spacial score (nSPS) is 14.8. The standard InChI is InChI=1S/C24H26N6OS/c1-16-6-8-18(9-7-16)23-27-28-24(32)30(23)15-12-21(31)29-13-10-17(11-14-29)22-25-19-4-2-3-5-20(19)26-22/h2-9,17H,10-15H2,1H3,(H,25,26)(H,28,32). The molecule has 2 N–H and O–H groups in total. The third kappa shape index (κ3) is 4.10. The Kier molecular flexibility index (Phi) is 5.61. The Labute approximate surface area is 191 Å². The number of aromatic amines is 2. The minimum atomic E-state index is 0.158. The van der Waals surface area contributed by atoms with Crippen LogP contribution in [0.1, 0.15) is 36.6 Å². The van der Waals surface area contributed by atoms with Gasteiger partial charge in [-0.1, -0.05) is 42.0 Å². The zero-order valence-electron chi connectivity index (χ0n) is 18.0. The van der Waals surface area contributed by atoms with E-state index in [2.05, 4.69) is 40.3 Å². The number of hydrogen-bond donors (Lipinski definition) is 2. The predicted octanol–water partition coefficient (Wildman–Crippen LogP) is 4.59. The second kappa shape index (κ2) is 8.70. The predicted molar refractivity (Wildman–Crippen MR) is 127 cm³/mol. The number of hydrogen-bond acceptors (Lipinski definition) is 4. The molecule has 1 amide bonds. The first-order chi connectivity index (χ1) is 15.6. The number of nitrogens with one attached hydrogen (secondary N) is 2. The van der Waals surface area contributed by atoms with Crippen LogP contribution in [0.25, 0.3) is 22.4 Å². The molecule has 32 heavy (non-hydrogen) atoms. The smallest absolute Gasteiger partial charge is 0.224 e. The molecule has 5 rings (SSSR count). The van der Waals surface area contributed by atoms with Gasteiger partial charge in [0, 0.05) is 37.5 Å². The number of amides is 1. The number of nitrogens with zero attached hydrogens (tertiary/aromatic N) is 4. The SMILES string of the molecule is Cc1ccc(-c2n[nH]c(=S)n2CCC(=O)N2CCC(c3nc4ccccc4[nH]3)CC2)cc1. The summed E-state index contributed by atoms with van der Waals surface area (Å²) in [5, 5.41) is 7.25. The summed E-state index contributed by atoms with van der Waals surface area (Å²) in [6.07, 6.45) is 2.25. The molecule has 0 unspecified atom stereocenters. The van der Waals surface area contributed by atoms with Crippen LogP contribution in [0.4, 0.5) is 0 Å². The molecular weight excluding hydrogens is 420 g/mol. The summed E-state index contributed by atoms with van der Waals surface area (Å²) in [4.78, 5) is 23.1. The number of para-hydroxylation sites is 2. The summed E-state index contributed by atoms with van der Waals surface area (Å²) in [6, 6.07) is 16.3. The molecule has 1 fully saturated rings. The number of imidazole rings is 1. The van der Waals surface area contributed by atoms with Crippen LogP contribution in [0.3, 0.4) is 0 Å². The molecule has 0 radical (unpaired) electrons. The quantitative estimate of drug-likeness (QED) is 0.439. The summed E-state index contributed by atoms with van der Waals surface area (Å²) >= 11 is 5.41.